The van der Waals surface area contributed by atoms with E-state index in [0.717, 1.165) is 51.4 Å². The third-order valence-electron chi connectivity index (χ3n) is 10.4. The molecule has 0 radical (unpaired) electrons. The number of unbranched alkanes of at least 4 members (excludes halogenated alkanes) is 1. The van der Waals surface area contributed by atoms with Gasteiger partial charge in [-0.2, -0.15) is 0 Å². The summed E-state index contributed by atoms with van der Waals surface area (Å²) in [5, 5.41) is 0. The maximum absolute atomic E-state index is 5.42. The first-order valence-electron chi connectivity index (χ1n) is 28.2. The van der Waals surface area contributed by atoms with E-state index in [2.05, 4.69) is 201 Å². The standard InChI is InChI=1S/C8H18O2.C8H18.2C7H16.C6H14O2.2C6H14.C5H12O.C5H12.C4H10O/c1-5-7(2)10-6-8(3)9-4;1-5-6-7-8(2,3)4;1-5-6-7(2,3)4;1-5-7(3,4)6-2;1-3-4-8-6-5-7-2;1-5-6(2,3)4;1-4-6(3)5-2;1-4-5(2)6-3;1-5(2,3)4;1-3-4-5-2/h7-8H,5-6H2,1-4H3;5-7H2,1-4H3;2*5-6H2,1-4H3;3-6H2,1-2H3;5H2,1-4H3;6H,4-5H2,1-3H3;5H,4H2,1-3H3;1-4H3;3-4H2,1-2H3. The summed E-state index contributed by atoms with van der Waals surface area (Å²) in [4.78, 5) is 0. The van der Waals surface area contributed by atoms with Crippen molar-refractivity contribution in [1.29, 1.82) is 0 Å². The summed E-state index contributed by atoms with van der Waals surface area (Å²) < 4.78 is 29.9. The molecule has 0 aliphatic rings. The summed E-state index contributed by atoms with van der Waals surface area (Å²) in [6, 6.07) is 0. The van der Waals surface area contributed by atoms with Crippen LogP contribution >= 0.6 is 0 Å². The van der Waals surface area contributed by atoms with Crippen LogP contribution in [0.25, 0.3) is 0 Å². The second-order valence-electron chi connectivity index (χ2n) is 24.3. The normalized spacial score (nSPS) is 12.2. The Morgan fingerprint density at radius 2 is 0.735 bits per heavy atom. The largest absolute Gasteiger partial charge is 0.385 e. The molecule has 0 aliphatic carbocycles. The van der Waals surface area contributed by atoms with Gasteiger partial charge < -0.3 is 28.4 Å². The lowest BCUT2D eigenvalue weighted by atomic mass is 9.88. The molecule has 0 spiro atoms. The number of hydrogen-bond acceptors (Lipinski definition) is 6. The van der Waals surface area contributed by atoms with E-state index in [4.69, 9.17) is 28.4 Å². The summed E-state index contributed by atoms with van der Waals surface area (Å²) in [7, 11) is 6.82. The SMILES string of the molecule is CC(C)(C)C.CCC(C)(C)C.CCC(C)(C)CC.CCC(C)CC.CCC(C)OC.CCC(C)OCC(C)OC.CCCC(C)(C)C.CCCCC(C)(C)C.CCCOC.CCCOCCOC. The maximum atomic E-state index is 5.42. The highest BCUT2D eigenvalue weighted by Gasteiger charge is 2.10. The lowest BCUT2D eigenvalue weighted by Gasteiger charge is -2.18. The molecule has 0 aromatic rings. The fraction of sp³-hybridized carbons (Fsp3) is 1.00. The summed E-state index contributed by atoms with van der Waals surface area (Å²) in [6.07, 6.45) is 18.6. The van der Waals surface area contributed by atoms with E-state index in [1.807, 2.05) is 6.92 Å². The van der Waals surface area contributed by atoms with E-state index in [-0.39, 0.29) is 6.10 Å². The lowest BCUT2D eigenvalue weighted by molar-refractivity contribution is -0.0141. The Labute approximate surface area is 437 Å². The molecule has 0 rings (SSSR count). The molecule has 0 fully saturated rings. The Hall–Kier alpha value is -0.240. The van der Waals surface area contributed by atoms with E-state index < -0.39 is 0 Å². The molecule has 0 N–H and O–H groups in total. The van der Waals surface area contributed by atoms with Crippen LogP contribution in [-0.2, 0) is 28.4 Å². The topological polar surface area (TPSA) is 55.4 Å². The van der Waals surface area contributed by atoms with Gasteiger partial charge in [-0.25, -0.2) is 0 Å². The number of ether oxygens (including phenoxy) is 6. The van der Waals surface area contributed by atoms with Crippen LogP contribution in [-0.4, -0.2) is 79.8 Å². The smallest absolute Gasteiger partial charge is 0.0776 e. The van der Waals surface area contributed by atoms with Gasteiger partial charge in [0.2, 0.25) is 0 Å². The molecule has 0 heterocycles. The molecule has 6 nitrogen and oxygen atoms in total. The number of rotatable bonds is 21. The lowest BCUT2D eigenvalue weighted by Crippen LogP contribution is -2.18. The first-order chi connectivity index (χ1) is 30.9. The van der Waals surface area contributed by atoms with Gasteiger partial charge in [0.1, 0.15) is 0 Å². The maximum Gasteiger partial charge on any atom is 0.0776 e. The van der Waals surface area contributed by atoms with Crippen molar-refractivity contribution in [2.24, 2.45) is 33.0 Å². The van der Waals surface area contributed by atoms with Gasteiger partial charge in [0, 0.05) is 41.7 Å². The molecule has 6 heteroatoms. The summed E-state index contributed by atoms with van der Waals surface area (Å²) in [6.45, 7) is 70.1. The molecule has 0 amide bonds. The van der Waals surface area contributed by atoms with Crippen LogP contribution in [0.4, 0.5) is 0 Å². The number of methoxy groups -OCH3 is 4. The highest BCUT2D eigenvalue weighted by molar-refractivity contribution is 4.62. The zero-order chi connectivity index (χ0) is 56.5. The molecule has 428 valence electrons. The van der Waals surface area contributed by atoms with E-state index in [0.29, 0.717) is 52.5 Å². The van der Waals surface area contributed by atoms with Crippen LogP contribution in [0.2, 0.25) is 0 Å². The molecule has 3 unspecified atom stereocenters. The molecular formula is C62H144O6. The van der Waals surface area contributed by atoms with Crippen LogP contribution in [0.1, 0.15) is 298 Å². The van der Waals surface area contributed by atoms with E-state index in [1.165, 1.54) is 64.2 Å². The van der Waals surface area contributed by atoms with Crippen molar-refractivity contribution >= 4 is 0 Å². The molecule has 0 saturated heterocycles. The Morgan fingerprint density at radius 1 is 0.368 bits per heavy atom. The first kappa shape index (κ1) is 90.5. The van der Waals surface area contributed by atoms with Crippen molar-refractivity contribution in [3.8, 4) is 0 Å². The summed E-state index contributed by atoms with van der Waals surface area (Å²) in [5.74, 6) is 0.935. The van der Waals surface area contributed by atoms with Crippen molar-refractivity contribution in [1.82, 2.24) is 0 Å². The molecule has 0 saturated carbocycles. The molecule has 68 heavy (non-hydrogen) atoms. The predicted molar refractivity (Wildman–Crippen MR) is 316 cm³/mol. The Balaban J connectivity index is -0.0000000692. The van der Waals surface area contributed by atoms with Crippen molar-refractivity contribution in [3.05, 3.63) is 0 Å². The zero-order valence-electron chi connectivity index (χ0n) is 54.7. The Kier molecular flexibility index (Phi) is 86.2. The molecule has 0 bridgehead atoms. The van der Waals surface area contributed by atoms with Crippen LogP contribution in [0.5, 0.6) is 0 Å². The van der Waals surface area contributed by atoms with E-state index in [9.17, 15) is 0 Å². The van der Waals surface area contributed by atoms with Crippen molar-refractivity contribution < 1.29 is 28.4 Å². The van der Waals surface area contributed by atoms with Crippen LogP contribution in [0, 0.1) is 33.0 Å². The van der Waals surface area contributed by atoms with Gasteiger partial charge in [-0.05, 0) is 92.3 Å². The van der Waals surface area contributed by atoms with Crippen molar-refractivity contribution in [2.45, 2.75) is 316 Å². The predicted octanol–water partition coefficient (Wildman–Crippen LogP) is 21.2. The number of hydrogen-bond donors (Lipinski definition) is 0. The van der Waals surface area contributed by atoms with Crippen LogP contribution in [0.3, 0.4) is 0 Å². The Bertz CT molecular complexity index is 752. The average molecular weight is 986 g/mol. The minimum absolute atomic E-state index is 0.217. The zero-order valence-corrected chi connectivity index (χ0v) is 54.7. The van der Waals surface area contributed by atoms with Gasteiger partial charge in [0.25, 0.3) is 0 Å². The minimum Gasteiger partial charge on any atom is -0.385 e. The van der Waals surface area contributed by atoms with E-state index in [1.54, 1.807) is 28.4 Å². The monoisotopic (exact) mass is 985 g/mol. The van der Waals surface area contributed by atoms with Gasteiger partial charge in [-0.1, -0.05) is 238 Å². The van der Waals surface area contributed by atoms with Gasteiger partial charge in [-0.15, -0.1) is 0 Å². The fourth-order valence-corrected chi connectivity index (χ4v) is 3.24. The average Bonchev–Trinajstić information content (AvgIpc) is 3.26. The van der Waals surface area contributed by atoms with Gasteiger partial charge in [0.05, 0.1) is 38.1 Å². The molecule has 0 aromatic heterocycles. The van der Waals surface area contributed by atoms with Crippen molar-refractivity contribution in [2.75, 3.05) is 61.5 Å². The minimum atomic E-state index is 0.217. The van der Waals surface area contributed by atoms with Gasteiger partial charge in [0.15, 0.2) is 0 Å². The van der Waals surface area contributed by atoms with E-state index >= 15 is 0 Å². The quantitative estimate of drug-likeness (QED) is 0.107. The van der Waals surface area contributed by atoms with Crippen LogP contribution < -0.4 is 0 Å². The first-order valence-corrected chi connectivity index (χ1v) is 28.2. The summed E-state index contributed by atoms with van der Waals surface area (Å²) >= 11 is 0. The fourth-order valence-electron chi connectivity index (χ4n) is 3.24. The second-order valence-corrected chi connectivity index (χ2v) is 24.3. The highest BCUT2D eigenvalue weighted by atomic mass is 16.5. The summed E-state index contributed by atoms with van der Waals surface area (Å²) in [5.41, 5.74) is 2.73. The third-order valence-corrected chi connectivity index (χ3v) is 10.4. The van der Waals surface area contributed by atoms with Crippen molar-refractivity contribution in [3.63, 3.8) is 0 Å². The molecular weight excluding hydrogens is 841 g/mol. The third kappa shape index (κ3) is 158. The molecule has 3 atom stereocenters. The second kappa shape index (κ2) is 64.8. The van der Waals surface area contributed by atoms with Gasteiger partial charge >= 0.3 is 0 Å². The van der Waals surface area contributed by atoms with Crippen LogP contribution in [0.15, 0.2) is 0 Å². The van der Waals surface area contributed by atoms with Gasteiger partial charge in [-0.3, -0.25) is 0 Å². The Morgan fingerprint density at radius 3 is 0.868 bits per heavy atom. The highest BCUT2D eigenvalue weighted by Crippen LogP contribution is 2.23. The molecule has 0 aliphatic heterocycles. The molecule has 0 aromatic carbocycles.